The molecule has 0 amide bonds. The molecule has 0 spiro atoms. The van der Waals surface area contributed by atoms with E-state index in [0.717, 1.165) is 18.4 Å². The van der Waals surface area contributed by atoms with Crippen molar-refractivity contribution in [3.63, 3.8) is 0 Å². The first kappa shape index (κ1) is 17.8. The Bertz CT molecular complexity index is 423. The van der Waals surface area contributed by atoms with E-state index in [-0.39, 0.29) is 24.0 Å². The van der Waals surface area contributed by atoms with Gasteiger partial charge in [-0.1, -0.05) is 6.92 Å². The Balaban J connectivity index is 0.00000200. The van der Waals surface area contributed by atoms with Crippen LogP contribution in [0.3, 0.4) is 0 Å². The minimum absolute atomic E-state index is 0. The molecule has 0 radical (unpaired) electrons. The number of guanidine groups is 1. The zero-order chi connectivity index (χ0) is 13.7. The SMILES string of the molecule is CN=C(NCc1ccc(C)s1)NC1CCC(C)CC1.I. The van der Waals surface area contributed by atoms with Gasteiger partial charge in [0.25, 0.3) is 0 Å². The number of halogens is 1. The van der Waals surface area contributed by atoms with Crippen molar-refractivity contribution in [2.75, 3.05) is 7.05 Å². The maximum Gasteiger partial charge on any atom is 0.191 e. The van der Waals surface area contributed by atoms with E-state index < -0.39 is 0 Å². The van der Waals surface area contributed by atoms with Crippen LogP contribution in [0.25, 0.3) is 0 Å². The lowest BCUT2D eigenvalue weighted by atomic mass is 9.87. The smallest absolute Gasteiger partial charge is 0.191 e. The van der Waals surface area contributed by atoms with Crippen molar-refractivity contribution in [1.29, 1.82) is 0 Å². The number of rotatable bonds is 3. The van der Waals surface area contributed by atoms with E-state index in [1.807, 2.05) is 18.4 Å². The van der Waals surface area contributed by atoms with Crippen molar-refractivity contribution < 1.29 is 0 Å². The van der Waals surface area contributed by atoms with Gasteiger partial charge in [-0.3, -0.25) is 4.99 Å². The summed E-state index contributed by atoms with van der Waals surface area (Å²) in [5, 5.41) is 6.95. The number of aryl methyl sites for hydroxylation is 1. The minimum atomic E-state index is 0. The van der Waals surface area contributed by atoms with Crippen LogP contribution in [-0.2, 0) is 6.54 Å². The molecule has 0 aliphatic heterocycles. The van der Waals surface area contributed by atoms with Crippen LogP contribution in [0.15, 0.2) is 17.1 Å². The predicted octanol–water partition coefficient (Wildman–Crippen LogP) is 3.92. The molecule has 0 atom stereocenters. The first-order valence-corrected chi connectivity index (χ1v) is 8.01. The fourth-order valence-electron chi connectivity index (χ4n) is 2.54. The second kappa shape index (κ2) is 8.87. The van der Waals surface area contributed by atoms with Crippen LogP contribution in [0, 0.1) is 12.8 Å². The molecule has 5 heteroatoms. The molecule has 114 valence electrons. The Labute approximate surface area is 143 Å². The van der Waals surface area contributed by atoms with E-state index >= 15 is 0 Å². The molecular formula is C15H26IN3S. The third-order valence-corrected chi connectivity index (χ3v) is 4.81. The van der Waals surface area contributed by atoms with Crippen LogP contribution >= 0.6 is 35.3 Å². The Morgan fingerprint density at radius 2 is 2.00 bits per heavy atom. The highest BCUT2D eigenvalue weighted by Crippen LogP contribution is 2.23. The fraction of sp³-hybridized carbons (Fsp3) is 0.667. The van der Waals surface area contributed by atoms with Gasteiger partial charge >= 0.3 is 0 Å². The van der Waals surface area contributed by atoms with Crippen molar-refractivity contribution in [3.8, 4) is 0 Å². The Kier molecular flexibility index (Phi) is 7.87. The molecule has 1 aromatic heterocycles. The number of hydrogen-bond donors (Lipinski definition) is 2. The molecule has 2 rings (SSSR count). The van der Waals surface area contributed by atoms with Gasteiger partial charge < -0.3 is 10.6 Å². The minimum Gasteiger partial charge on any atom is -0.354 e. The molecule has 1 aliphatic carbocycles. The predicted molar refractivity (Wildman–Crippen MR) is 99.2 cm³/mol. The van der Waals surface area contributed by atoms with Gasteiger partial charge in [0.2, 0.25) is 0 Å². The van der Waals surface area contributed by atoms with Gasteiger partial charge in [0.15, 0.2) is 5.96 Å². The summed E-state index contributed by atoms with van der Waals surface area (Å²) in [6.45, 7) is 5.36. The normalized spacial score (nSPS) is 23.1. The molecule has 0 saturated heterocycles. The molecule has 0 unspecified atom stereocenters. The largest absolute Gasteiger partial charge is 0.354 e. The van der Waals surface area contributed by atoms with Crippen molar-refractivity contribution in [2.24, 2.45) is 10.9 Å². The standard InChI is InChI=1S/C15H25N3S.HI/c1-11-4-7-13(8-5-11)18-15(16-3)17-10-14-9-6-12(2)19-14;/h6,9,11,13H,4-5,7-8,10H2,1-3H3,(H2,16,17,18);1H. The topological polar surface area (TPSA) is 36.4 Å². The van der Waals surface area contributed by atoms with Crippen LogP contribution < -0.4 is 10.6 Å². The van der Waals surface area contributed by atoms with Crippen LogP contribution in [0.5, 0.6) is 0 Å². The number of thiophene rings is 1. The van der Waals surface area contributed by atoms with Gasteiger partial charge in [0, 0.05) is 22.8 Å². The Morgan fingerprint density at radius 1 is 1.30 bits per heavy atom. The third-order valence-electron chi connectivity index (χ3n) is 3.81. The van der Waals surface area contributed by atoms with E-state index in [4.69, 9.17) is 0 Å². The number of nitrogens with one attached hydrogen (secondary N) is 2. The van der Waals surface area contributed by atoms with Gasteiger partial charge in [-0.05, 0) is 50.7 Å². The monoisotopic (exact) mass is 407 g/mol. The highest BCUT2D eigenvalue weighted by Gasteiger charge is 2.18. The lowest BCUT2D eigenvalue weighted by Gasteiger charge is -2.28. The second-order valence-corrected chi connectivity index (χ2v) is 6.91. The summed E-state index contributed by atoms with van der Waals surface area (Å²) >= 11 is 1.84. The molecule has 3 nitrogen and oxygen atoms in total. The summed E-state index contributed by atoms with van der Waals surface area (Å²) in [4.78, 5) is 7.04. The first-order chi connectivity index (χ1) is 9.17. The van der Waals surface area contributed by atoms with Gasteiger partial charge in [-0.25, -0.2) is 0 Å². The van der Waals surface area contributed by atoms with Crippen molar-refractivity contribution >= 4 is 41.3 Å². The molecule has 1 heterocycles. The summed E-state index contributed by atoms with van der Waals surface area (Å²) in [7, 11) is 1.85. The lowest BCUT2D eigenvalue weighted by Crippen LogP contribution is -2.44. The van der Waals surface area contributed by atoms with Crippen molar-refractivity contribution in [2.45, 2.75) is 52.1 Å². The molecule has 2 N–H and O–H groups in total. The average Bonchev–Trinajstić information content (AvgIpc) is 2.82. The van der Waals surface area contributed by atoms with Gasteiger partial charge in [0.1, 0.15) is 0 Å². The zero-order valence-electron chi connectivity index (χ0n) is 12.6. The fourth-order valence-corrected chi connectivity index (χ4v) is 3.37. The van der Waals surface area contributed by atoms with Crippen molar-refractivity contribution in [1.82, 2.24) is 10.6 Å². The Hall–Kier alpha value is -0.300. The zero-order valence-corrected chi connectivity index (χ0v) is 15.8. The first-order valence-electron chi connectivity index (χ1n) is 7.20. The molecule has 1 aromatic rings. The molecule has 0 bridgehead atoms. The number of aliphatic imine (C=N–C) groups is 1. The van der Waals surface area contributed by atoms with Gasteiger partial charge in [-0.15, -0.1) is 35.3 Å². The summed E-state index contributed by atoms with van der Waals surface area (Å²) < 4.78 is 0. The summed E-state index contributed by atoms with van der Waals surface area (Å²) in [6.07, 6.45) is 5.19. The van der Waals surface area contributed by atoms with Crippen LogP contribution in [0.4, 0.5) is 0 Å². The maximum atomic E-state index is 4.32. The van der Waals surface area contributed by atoms with E-state index in [2.05, 4.69) is 41.6 Å². The summed E-state index contributed by atoms with van der Waals surface area (Å²) in [5.41, 5.74) is 0. The second-order valence-electron chi connectivity index (χ2n) is 5.54. The molecule has 1 saturated carbocycles. The quantitative estimate of drug-likeness (QED) is 0.453. The number of nitrogens with zero attached hydrogens (tertiary/aromatic N) is 1. The van der Waals surface area contributed by atoms with Crippen LogP contribution in [0.1, 0.15) is 42.4 Å². The Morgan fingerprint density at radius 3 is 2.55 bits per heavy atom. The molecule has 0 aromatic carbocycles. The molecule has 1 fully saturated rings. The van der Waals surface area contributed by atoms with Crippen LogP contribution in [-0.4, -0.2) is 19.0 Å². The van der Waals surface area contributed by atoms with Crippen molar-refractivity contribution in [3.05, 3.63) is 21.9 Å². The molecule has 1 aliphatic rings. The average molecular weight is 407 g/mol. The lowest BCUT2D eigenvalue weighted by molar-refractivity contribution is 0.329. The summed E-state index contributed by atoms with van der Waals surface area (Å²) in [5.74, 6) is 1.83. The van der Waals surface area contributed by atoms with Gasteiger partial charge in [-0.2, -0.15) is 0 Å². The number of hydrogen-bond acceptors (Lipinski definition) is 2. The van der Waals surface area contributed by atoms with E-state index in [0.29, 0.717) is 6.04 Å². The summed E-state index contributed by atoms with van der Waals surface area (Å²) in [6, 6.07) is 4.94. The highest BCUT2D eigenvalue weighted by molar-refractivity contribution is 14.0. The maximum absolute atomic E-state index is 4.32. The van der Waals surface area contributed by atoms with Crippen LogP contribution in [0.2, 0.25) is 0 Å². The highest BCUT2D eigenvalue weighted by atomic mass is 127. The van der Waals surface area contributed by atoms with E-state index in [1.165, 1.54) is 35.4 Å². The van der Waals surface area contributed by atoms with E-state index in [9.17, 15) is 0 Å². The molecule has 20 heavy (non-hydrogen) atoms. The third kappa shape index (κ3) is 5.60. The van der Waals surface area contributed by atoms with E-state index in [1.54, 1.807) is 0 Å². The molecular weight excluding hydrogens is 381 g/mol. The van der Waals surface area contributed by atoms with Gasteiger partial charge in [0.05, 0.1) is 6.54 Å².